The van der Waals surface area contributed by atoms with Gasteiger partial charge in [0.25, 0.3) is 0 Å². The van der Waals surface area contributed by atoms with Crippen molar-refractivity contribution >= 4 is 15.9 Å². The van der Waals surface area contributed by atoms with Gasteiger partial charge in [0.05, 0.1) is 0 Å². The van der Waals surface area contributed by atoms with Crippen LogP contribution in [-0.4, -0.2) is 11.5 Å². The standard InChI is InChI=1S/C16H19BrN2O/c1-3-18-12(2)15-8-5-9-19-16(15)20-11-13-6-4-7-14(17)10-13/h4-10,12,18H,3,11H2,1-2H3. The van der Waals surface area contributed by atoms with Gasteiger partial charge >= 0.3 is 0 Å². The van der Waals surface area contributed by atoms with E-state index >= 15 is 0 Å². The highest BCUT2D eigenvalue weighted by molar-refractivity contribution is 9.10. The molecule has 0 amide bonds. The maximum atomic E-state index is 5.87. The number of ether oxygens (including phenoxy) is 1. The molecule has 1 N–H and O–H groups in total. The molecule has 2 rings (SSSR count). The van der Waals surface area contributed by atoms with Crippen molar-refractivity contribution < 1.29 is 4.74 Å². The first kappa shape index (κ1) is 15.0. The lowest BCUT2D eigenvalue weighted by atomic mass is 10.1. The molecular weight excluding hydrogens is 316 g/mol. The van der Waals surface area contributed by atoms with E-state index in [2.05, 4.69) is 52.2 Å². The van der Waals surface area contributed by atoms with Gasteiger partial charge in [-0.15, -0.1) is 0 Å². The Hall–Kier alpha value is -1.39. The molecule has 1 heterocycles. The van der Waals surface area contributed by atoms with Gasteiger partial charge < -0.3 is 10.1 Å². The molecule has 1 aromatic heterocycles. The van der Waals surface area contributed by atoms with E-state index in [4.69, 9.17) is 4.74 Å². The predicted octanol–water partition coefficient (Wildman–Crippen LogP) is 4.09. The number of aromatic nitrogens is 1. The van der Waals surface area contributed by atoms with E-state index in [1.807, 2.05) is 24.3 Å². The second-order valence-electron chi connectivity index (χ2n) is 4.60. The maximum absolute atomic E-state index is 5.87. The van der Waals surface area contributed by atoms with Crippen LogP contribution in [0.25, 0.3) is 0 Å². The first-order valence-corrected chi connectivity index (χ1v) is 7.55. The Bertz CT molecular complexity index is 560. The Morgan fingerprint density at radius 1 is 1.30 bits per heavy atom. The molecule has 1 aromatic carbocycles. The number of rotatable bonds is 6. The van der Waals surface area contributed by atoms with Crippen LogP contribution in [0.15, 0.2) is 47.1 Å². The molecule has 3 nitrogen and oxygen atoms in total. The number of benzene rings is 1. The van der Waals surface area contributed by atoms with Crippen LogP contribution < -0.4 is 10.1 Å². The van der Waals surface area contributed by atoms with Crippen molar-refractivity contribution in [3.8, 4) is 5.88 Å². The lowest BCUT2D eigenvalue weighted by Gasteiger charge is -2.16. The van der Waals surface area contributed by atoms with Crippen LogP contribution in [0.5, 0.6) is 5.88 Å². The molecule has 0 aliphatic heterocycles. The lowest BCUT2D eigenvalue weighted by Crippen LogP contribution is -2.18. The fraction of sp³-hybridized carbons (Fsp3) is 0.312. The van der Waals surface area contributed by atoms with Crippen molar-refractivity contribution in [3.63, 3.8) is 0 Å². The van der Waals surface area contributed by atoms with Crippen LogP contribution in [0, 0.1) is 0 Å². The van der Waals surface area contributed by atoms with Gasteiger partial charge in [0.1, 0.15) is 6.61 Å². The number of pyridine rings is 1. The Kier molecular flexibility index (Phi) is 5.56. The van der Waals surface area contributed by atoms with Crippen molar-refractivity contribution in [2.24, 2.45) is 0 Å². The van der Waals surface area contributed by atoms with E-state index < -0.39 is 0 Å². The minimum atomic E-state index is 0.228. The van der Waals surface area contributed by atoms with Gasteiger partial charge in [0.15, 0.2) is 0 Å². The summed E-state index contributed by atoms with van der Waals surface area (Å²) in [6, 6.07) is 12.3. The molecule has 20 heavy (non-hydrogen) atoms. The molecular formula is C16H19BrN2O. The van der Waals surface area contributed by atoms with Gasteiger partial charge in [-0.3, -0.25) is 0 Å². The smallest absolute Gasteiger partial charge is 0.218 e. The normalized spacial score (nSPS) is 12.2. The third-order valence-corrected chi connectivity index (χ3v) is 3.54. The molecule has 106 valence electrons. The molecule has 1 unspecified atom stereocenters. The Morgan fingerprint density at radius 3 is 2.90 bits per heavy atom. The molecule has 2 aromatic rings. The molecule has 0 fully saturated rings. The summed E-state index contributed by atoms with van der Waals surface area (Å²) < 4.78 is 6.93. The second kappa shape index (κ2) is 7.41. The topological polar surface area (TPSA) is 34.2 Å². The first-order chi connectivity index (χ1) is 9.70. The quantitative estimate of drug-likeness (QED) is 0.863. The molecule has 4 heteroatoms. The summed E-state index contributed by atoms with van der Waals surface area (Å²) in [7, 11) is 0. The van der Waals surface area contributed by atoms with E-state index in [1.165, 1.54) is 0 Å². The van der Waals surface area contributed by atoms with Crippen LogP contribution in [0.3, 0.4) is 0 Å². The molecule has 0 radical (unpaired) electrons. The number of hydrogen-bond donors (Lipinski definition) is 1. The molecule has 0 saturated carbocycles. The molecule has 0 bridgehead atoms. The van der Waals surface area contributed by atoms with Crippen molar-refractivity contribution in [1.82, 2.24) is 10.3 Å². The predicted molar refractivity (Wildman–Crippen MR) is 84.8 cm³/mol. The summed E-state index contributed by atoms with van der Waals surface area (Å²) in [5.74, 6) is 0.695. The van der Waals surface area contributed by atoms with Crippen LogP contribution in [0.4, 0.5) is 0 Å². The number of nitrogens with zero attached hydrogens (tertiary/aromatic N) is 1. The Balaban J connectivity index is 2.09. The van der Waals surface area contributed by atoms with Gasteiger partial charge in [-0.25, -0.2) is 4.98 Å². The molecule has 0 saturated heterocycles. The monoisotopic (exact) mass is 334 g/mol. The fourth-order valence-electron chi connectivity index (χ4n) is 2.05. The van der Waals surface area contributed by atoms with Crippen LogP contribution in [-0.2, 0) is 6.61 Å². The highest BCUT2D eigenvalue weighted by atomic mass is 79.9. The Labute approximate surface area is 128 Å². The van der Waals surface area contributed by atoms with E-state index in [1.54, 1.807) is 6.20 Å². The van der Waals surface area contributed by atoms with Crippen molar-refractivity contribution in [3.05, 3.63) is 58.2 Å². The SMILES string of the molecule is CCNC(C)c1cccnc1OCc1cccc(Br)c1. The Morgan fingerprint density at radius 2 is 2.15 bits per heavy atom. The van der Waals surface area contributed by atoms with Crippen molar-refractivity contribution in [1.29, 1.82) is 0 Å². The zero-order chi connectivity index (χ0) is 14.4. The van der Waals surface area contributed by atoms with E-state index in [-0.39, 0.29) is 6.04 Å². The second-order valence-corrected chi connectivity index (χ2v) is 5.51. The zero-order valence-corrected chi connectivity index (χ0v) is 13.4. The van der Waals surface area contributed by atoms with Gasteiger partial charge in [0.2, 0.25) is 5.88 Å². The summed E-state index contributed by atoms with van der Waals surface area (Å²) in [5, 5.41) is 3.38. The summed E-state index contributed by atoms with van der Waals surface area (Å²) >= 11 is 3.47. The van der Waals surface area contributed by atoms with Crippen LogP contribution >= 0.6 is 15.9 Å². The minimum absolute atomic E-state index is 0.228. The summed E-state index contributed by atoms with van der Waals surface area (Å²) in [5.41, 5.74) is 2.21. The average Bonchev–Trinajstić information content (AvgIpc) is 2.46. The number of halogens is 1. The van der Waals surface area contributed by atoms with Crippen molar-refractivity contribution in [2.75, 3.05) is 6.54 Å². The summed E-state index contributed by atoms with van der Waals surface area (Å²) in [6.45, 7) is 5.64. The van der Waals surface area contributed by atoms with Crippen molar-refractivity contribution in [2.45, 2.75) is 26.5 Å². The highest BCUT2D eigenvalue weighted by Crippen LogP contribution is 2.23. The maximum Gasteiger partial charge on any atom is 0.218 e. The fourth-order valence-corrected chi connectivity index (χ4v) is 2.49. The summed E-state index contributed by atoms with van der Waals surface area (Å²) in [6.07, 6.45) is 1.76. The number of nitrogens with one attached hydrogen (secondary N) is 1. The van der Waals surface area contributed by atoms with Gasteiger partial charge in [-0.2, -0.15) is 0 Å². The largest absolute Gasteiger partial charge is 0.473 e. The van der Waals surface area contributed by atoms with Gasteiger partial charge in [-0.1, -0.05) is 41.1 Å². The van der Waals surface area contributed by atoms with E-state index in [9.17, 15) is 0 Å². The van der Waals surface area contributed by atoms with Gasteiger partial charge in [-0.05, 0) is 37.2 Å². The van der Waals surface area contributed by atoms with E-state index in [0.717, 1.165) is 22.1 Å². The molecule has 1 atom stereocenters. The van der Waals surface area contributed by atoms with E-state index in [0.29, 0.717) is 12.5 Å². The molecule has 0 spiro atoms. The first-order valence-electron chi connectivity index (χ1n) is 6.76. The highest BCUT2D eigenvalue weighted by Gasteiger charge is 2.11. The lowest BCUT2D eigenvalue weighted by molar-refractivity contribution is 0.287. The third-order valence-electron chi connectivity index (χ3n) is 3.04. The number of hydrogen-bond acceptors (Lipinski definition) is 3. The van der Waals surface area contributed by atoms with Crippen LogP contribution in [0.2, 0.25) is 0 Å². The molecule has 0 aliphatic carbocycles. The third kappa shape index (κ3) is 4.05. The summed E-state index contributed by atoms with van der Waals surface area (Å²) in [4.78, 5) is 4.35. The average molecular weight is 335 g/mol. The minimum Gasteiger partial charge on any atom is -0.473 e. The van der Waals surface area contributed by atoms with Crippen LogP contribution in [0.1, 0.15) is 31.0 Å². The molecule has 0 aliphatic rings. The van der Waals surface area contributed by atoms with Gasteiger partial charge in [0, 0.05) is 22.3 Å². The zero-order valence-electron chi connectivity index (χ0n) is 11.8.